The molecule has 1 saturated carbocycles. The summed E-state index contributed by atoms with van der Waals surface area (Å²) in [5, 5.41) is 16.6. The first kappa shape index (κ1) is 15.6. The maximum Gasteiger partial charge on any atom is 0.251 e. The number of furan rings is 1. The highest BCUT2D eigenvalue weighted by Crippen LogP contribution is 2.39. The lowest BCUT2D eigenvalue weighted by Crippen LogP contribution is -2.28. The zero-order valence-corrected chi connectivity index (χ0v) is 13.4. The molecule has 2 heterocycles. The summed E-state index contributed by atoms with van der Waals surface area (Å²) in [6.07, 6.45) is 2.76. The summed E-state index contributed by atoms with van der Waals surface area (Å²) < 4.78 is 10.4. The van der Waals surface area contributed by atoms with E-state index >= 15 is 0 Å². The SMILES string of the molecule is O=C(NCC(O)c1ccco1)c1cccc(-c2noc(C3CC3)n2)c1. The van der Waals surface area contributed by atoms with Crippen LogP contribution in [0.5, 0.6) is 0 Å². The zero-order valence-electron chi connectivity index (χ0n) is 13.4. The van der Waals surface area contributed by atoms with E-state index in [9.17, 15) is 9.90 Å². The van der Waals surface area contributed by atoms with Crippen molar-refractivity contribution < 1.29 is 18.8 Å². The van der Waals surface area contributed by atoms with Crippen molar-refractivity contribution in [3.63, 3.8) is 0 Å². The van der Waals surface area contributed by atoms with Gasteiger partial charge in [0, 0.05) is 17.0 Å². The van der Waals surface area contributed by atoms with E-state index in [1.165, 1.54) is 6.26 Å². The van der Waals surface area contributed by atoms with Crippen molar-refractivity contribution >= 4 is 5.91 Å². The first-order valence-electron chi connectivity index (χ1n) is 8.14. The lowest BCUT2D eigenvalue weighted by Gasteiger charge is -2.10. The number of amides is 1. The molecule has 4 rings (SSSR count). The fourth-order valence-corrected chi connectivity index (χ4v) is 2.52. The van der Waals surface area contributed by atoms with E-state index in [1.54, 1.807) is 30.3 Å². The van der Waals surface area contributed by atoms with E-state index < -0.39 is 6.10 Å². The Morgan fingerprint density at radius 3 is 2.96 bits per heavy atom. The predicted octanol–water partition coefficient (Wildman–Crippen LogP) is 2.67. The molecule has 1 unspecified atom stereocenters. The first-order chi connectivity index (χ1) is 12.2. The van der Waals surface area contributed by atoms with E-state index in [4.69, 9.17) is 8.94 Å². The average molecular weight is 339 g/mol. The second-order valence-electron chi connectivity index (χ2n) is 6.05. The first-order valence-corrected chi connectivity index (χ1v) is 8.14. The van der Waals surface area contributed by atoms with Gasteiger partial charge in [0.1, 0.15) is 11.9 Å². The van der Waals surface area contributed by atoms with Gasteiger partial charge >= 0.3 is 0 Å². The highest BCUT2D eigenvalue weighted by atomic mass is 16.5. The smallest absolute Gasteiger partial charge is 0.251 e. The number of nitrogens with zero attached hydrogens (tertiary/aromatic N) is 2. The van der Waals surface area contributed by atoms with Gasteiger partial charge in [-0.25, -0.2) is 0 Å². The number of carbonyl (C=O) groups excluding carboxylic acids is 1. The molecule has 0 radical (unpaired) electrons. The normalized spacial score (nSPS) is 15.1. The number of hydrogen-bond acceptors (Lipinski definition) is 6. The summed E-state index contributed by atoms with van der Waals surface area (Å²) in [6, 6.07) is 10.3. The van der Waals surface area contributed by atoms with Crippen LogP contribution in [0.2, 0.25) is 0 Å². The van der Waals surface area contributed by atoms with Crippen LogP contribution >= 0.6 is 0 Å². The standard InChI is InChI=1S/C18H17N3O4/c22-14(15-5-2-8-24-15)10-19-17(23)13-4-1-3-12(9-13)16-20-18(25-21-16)11-6-7-11/h1-5,8-9,11,14,22H,6-7,10H2,(H,19,23). The highest BCUT2D eigenvalue weighted by Gasteiger charge is 2.29. The number of carbonyl (C=O) groups is 1. The summed E-state index contributed by atoms with van der Waals surface area (Å²) in [5.41, 5.74) is 1.18. The Balaban J connectivity index is 1.43. The summed E-state index contributed by atoms with van der Waals surface area (Å²) in [7, 11) is 0. The molecular formula is C18H17N3O4. The quantitative estimate of drug-likeness (QED) is 0.716. The van der Waals surface area contributed by atoms with Gasteiger partial charge in [0.05, 0.1) is 12.8 Å². The molecule has 1 aliphatic rings. The number of hydrogen-bond donors (Lipinski definition) is 2. The molecule has 1 aliphatic carbocycles. The van der Waals surface area contributed by atoms with Crippen LogP contribution in [0.3, 0.4) is 0 Å². The molecule has 128 valence electrons. The van der Waals surface area contributed by atoms with Crippen LogP contribution in [-0.4, -0.2) is 27.7 Å². The third kappa shape index (κ3) is 3.46. The molecule has 25 heavy (non-hydrogen) atoms. The largest absolute Gasteiger partial charge is 0.467 e. The van der Waals surface area contributed by atoms with Crippen LogP contribution in [0.25, 0.3) is 11.4 Å². The molecule has 1 amide bonds. The number of rotatable bonds is 6. The lowest BCUT2D eigenvalue weighted by molar-refractivity contribution is 0.0901. The highest BCUT2D eigenvalue weighted by molar-refractivity contribution is 5.95. The molecule has 3 aromatic rings. The summed E-state index contributed by atoms with van der Waals surface area (Å²) in [6.45, 7) is 0.0601. The maximum absolute atomic E-state index is 12.3. The van der Waals surface area contributed by atoms with Gasteiger partial charge in [-0.05, 0) is 37.1 Å². The summed E-state index contributed by atoms with van der Waals surface area (Å²) in [4.78, 5) is 16.7. The van der Waals surface area contributed by atoms with Gasteiger partial charge in [-0.3, -0.25) is 4.79 Å². The third-order valence-corrected chi connectivity index (χ3v) is 4.08. The Hall–Kier alpha value is -2.93. The predicted molar refractivity (Wildman–Crippen MR) is 87.7 cm³/mol. The summed E-state index contributed by atoms with van der Waals surface area (Å²) in [5.74, 6) is 1.64. The third-order valence-electron chi connectivity index (χ3n) is 4.08. The number of nitrogens with one attached hydrogen (secondary N) is 1. The molecule has 7 nitrogen and oxygen atoms in total. The summed E-state index contributed by atoms with van der Waals surface area (Å²) >= 11 is 0. The second kappa shape index (κ2) is 6.52. The number of aliphatic hydroxyl groups excluding tert-OH is 1. The fourth-order valence-electron chi connectivity index (χ4n) is 2.52. The van der Waals surface area contributed by atoms with Crippen molar-refractivity contribution in [2.45, 2.75) is 24.9 Å². The average Bonchev–Trinajstić information content (AvgIpc) is 3.15. The number of aliphatic hydroxyl groups is 1. The van der Waals surface area contributed by atoms with Crippen LogP contribution in [-0.2, 0) is 0 Å². The van der Waals surface area contributed by atoms with Crippen LogP contribution in [0, 0.1) is 0 Å². The topological polar surface area (TPSA) is 101 Å². The zero-order chi connectivity index (χ0) is 17.2. The fraction of sp³-hybridized carbons (Fsp3) is 0.278. The van der Waals surface area contributed by atoms with Gasteiger partial charge in [0.2, 0.25) is 11.7 Å². The maximum atomic E-state index is 12.3. The Morgan fingerprint density at radius 1 is 1.32 bits per heavy atom. The molecule has 1 aromatic carbocycles. The molecular weight excluding hydrogens is 322 g/mol. The van der Waals surface area contributed by atoms with Gasteiger partial charge < -0.3 is 19.4 Å². The van der Waals surface area contributed by atoms with E-state index in [-0.39, 0.29) is 12.5 Å². The van der Waals surface area contributed by atoms with Crippen molar-refractivity contribution in [2.75, 3.05) is 6.54 Å². The molecule has 1 atom stereocenters. The molecule has 7 heteroatoms. The van der Waals surface area contributed by atoms with Crippen molar-refractivity contribution in [3.05, 3.63) is 59.9 Å². The number of benzene rings is 1. The van der Waals surface area contributed by atoms with Crippen LogP contribution < -0.4 is 5.32 Å². The van der Waals surface area contributed by atoms with Gasteiger partial charge in [0.25, 0.3) is 5.91 Å². The molecule has 0 bridgehead atoms. The molecule has 1 fully saturated rings. The van der Waals surface area contributed by atoms with Crippen molar-refractivity contribution in [1.82, 2.24) is 15.5 Å². The van der Waals surface area contributed by atoms with Crippen molar-refractivity contribution in [2.24, 2.45) is 0 Å². The second-order valence-corrected chi connectivity index (χ2v) is 6.05. The molecule has 2 aromatic heterocycles. The Kier molecular flexibility index (Phi) is 4.07. The monoisotopic (exact) mass is 339 g/mol. The van der Waals surface area contributed by atoms with Crippen molar-refractivity contribution in [1.29, 1.82) is 0 Å². The molecule has 0 spiro atoms. The van der Waals surface area contributed by atoms with Gasteiger partial charge in [-0.15, -0.1) is 0 Å². The van der Waals surface area contributed by atoms with Crippen LogP contribution in [0.1, 0.15) is 46.9 Å². The van der Waals surface area contributed by atoms with Crippen LogP contribution in [0.15, 0.2) is 51.6 Å². The van der Waals surface area contributed by atoms with E-state index in [1.807, 2.05) is 6.07 Å². The molecule has 0 saturated heterocycles. The van der Waals surface area contributed by atoms with Crippen molar-refractivity contribution in [3.8, 4) is 11.4 Å². The van der Waals surface area contributed by atoms with Gasteiger partial charge in [-0.2, -0.15) is 4.98 Å². The number of aromatic nitrogens is 2. The molecule has 0 aliphatic heterocycles. The lowest BCUT2D eigenvalue weighted by atomic mass is 10.1. The Morgan fingerprint density at radius 2 is 2.20 bits per heavy atom. The minimum Gasteiger partial charge on any atom is -0.467 e. The van der Waals surface area contributed by atoms with E-state index in [2.05, 4.69) is 15.5 Å². The van der Waals surface area contributed by atoms with Gasteiger partial charge in [-0.1, -0.05) is 17.3 Å². The minimum atomic E-state index is -0.888. The minimum absolute atomic E-state index is 0.0601. The van der Waals surface area contributed by atoms with Crippen LogP contribution in [0.4, 0.5) is 0 Å². The Labute approximate surface area is 143 Å². The molecule has 2 N–H and O–H groups in total. The Bertz CT molecular complexity index is 868. The van der Waals surface area contributed by atoms with E-state index in [0.717, 1.165) is 18.4 Å². The van der Waals surface area contributed by atoms with Gasteiger partial charge in [0.15, 0.2) is 0 Å². The van der Waals surface area contributed by atoms with E-state index in [0.29, 0.717) is 29.0 Å².